The zero-order valence-electron chi connectivity index (χ0n) is 5.79. The summed E-state index contributed by atoms with van der Waals surface area (Å²) in [4.78, 5) is 4.09. The van der Waals surface area contributed by atoms with Crippen molar-refractivity contribution < 1.29 is 0 Å². The van der Waals surface area contributed by atoms with Crippen molar-refractivity contribution in [2.45, 2.75) is 0 Å². The van der Waals surface area contributed by atoms with E-state index in [0.717, 1.165) is 11.3 Å². The topological polar surface area (TPSA) is 36.2 Å². The standard InChI is InChI=1S/C8H7IN2/c9-6-11-8-4-2-1-3-7(8)5-10/h1-6,10H/b10-5?,11-6-. The normalized spacial score (nSPS) is 10.3. The van der Waals surface area contributed by atoms with Gasteiger partial charge in [0.1, 0.15) is 0 Å². The fraction of sp³-hybridized carbons (Fsp3) is 0. The van der Waals surface area contributed by atoms with E-state index in [2.05, 4.69) is 27.6 Å². The molecule has 0 aliphatic heterocycles. The first kappa shape index (κ1) is 8.39. The molecule has 11 heavy (non-hydrogen) atoms. The van der Waals surface area contributed by atoms with Gasteiger partial charge in [-0.2, -0.15) is 0 Å². The van der Waals surface area contributed by atoms with Crippen LogP contribution in [0.25, 0.3) is 0 Å². The van der Waals surface area contributed by atoms with Gasteiger partial charge in [0.15, 0.2) is 0 Å². The number of benzene rings is 1. The molecule has 56 valence electrons. The zero-order valence-corrected chi connectivity index (χ0v) is 7.95. The molecule has 0 aliphatic rings. The van der Waals surface area contributed by atoms with E-state index < -0.39 is 0 Å². The number of para-hydroxylation sites is 1. The number of aliphatic imine (C=N–C) groups is 1. The highest BCUT2D eigenvalue weighted by Crippen LogP contribution is 2.15. The zero-order chi connectivity index (χ0) is 8.10. The van der Waals surface area contributed by atoms with Gasteiger partial charge in [0, 0.05) is 11.8 Å². The molecule has 0 unspecified atom stereocenters. The summed E-state index contributed by atoms with van der Waals surface area (Å²) < 4.78 is 1.69. The summed E-state index contributed by atoms with van der Waals surface area (Å²) in [6.45, 7) is 0. The minimum atomic E-state index is 0.844. The van der Waals surface area contributed by atoms with Crippen LogP contribution >= 0.6 is 22.6 Å². The number of nitrogens with zero attached hydrogens (tertiary/aromatic N) is 1. The van der Waals surface area contributed by atoms with Crippen LogP contribution < -0.4 is 0 Å². The van der Waals surface area contributed by atoms with Crippen molar-refractivity contribution in [1.29, 1.82) is 5.41 Å². The second-order valence-corrected chi connectivity index (χ2v) is 2.49. The van der Waals surface area contributed by atoms with Crippen molar-refractivity contribution >= 4 is 38.7 Å². The first-order chi connectivity index (χ1) is 5.38. The van der Waals surface area contributed by atoms with Gasteiger partial charge >= 0.3 is 0 Å². The SMILES string of the molecule is N=Cc1ccccc1/N=C\I. The molecular formula is C8H7IN2. The number of hydrogen-bond acceptors (Lipinski definition) is 2. The van der Waals surface area contributed by atoms with Gasteiger partial charge in [-0.25, -0.2) is 4.99 Å². The molecule has 0 radical (unpaired) electrons. The third-order valence-corrected chi connectivity index (χ3v) is 1.56. The van der Waals surface area contributed by atoms with Crippen molar-refractivity contribution in [2.24, 2.45) is 4.99 Å². The summed E-state index contributed by atoms with van der Waals surface area (Å²) in [5.74, 6) is 0. The molecule has 0 heterocycles. The average Bonchev–Trinajstić information content (AvgIpc) is 2.06. The summed E-state index contributed by atoms with van der Waals surface area (Å²) in [6.07, 6.45) is 1.30. The molecule has 0 aliphatic carbocycles. The molecule has 1 N–H and O–H groups in total. The quantitative estimate of drug-likeness (QED) is 0.625. The number of nitrogens with one attached hydrogen (secondary N) is 1. The molecule has 0 aromatic heterocycles. The monoisotopic (exact) mass is 258 g/mol. The first-order valence-electron chi connectivity index (χ1n) is 3.10. The van der Waals surface area contributed by atoms with Crippen molar-refractivity contribution in [3.63, 3.8) is 0 Å². The molecule has 0 amide bonds. The Kier molecular flexibility index (Phi) is 3.22. The van der Waals surface area contributed by atoms with Crippen LogP contribution in [0.2, 0.25) is 0 Å². The fourth-order valence-corrected chi connectivity index (χ4v) is 1.08. The lowest BCUT2D eigenvalue weighted by molar-refractivity contribution is 1.49. The van der Waals surface area contributed by atoms with E-state index in [4.69, 9.17) is 5.41 Å². The molecule has 0 atom stereocenters. The summed E-state index contributed by atoms with van der Waals surface area (Å²) >= 11 is 2.06. The molecule has 1 aromatic rings. The van der Waals surface area contributed by atoms with E-state index in [9.17, 15) is 0 Å². The second kappa shape index (κ2) is 4.23. The Bertz CT molecular complexity index is 281. The van der Waals surface area contributed by atoms with Gasteiger partial charge in [-0.3, -0.25) is 0 Å². The summed E-state index contributed by atoms with van der Waals surface area (Å²) in [5, 5.41) is 7.06. The van der Waals surface area contributed by atoms with E-state index >= 15 is 0 Å². The lowest BCUT2D eigenvalue weighted by atomic mass is 10.2. The highest BCUT2D eigenvalue weighted by Gasteiger charge is 1.92. The molecule has 0 spiro atoms. The van der Waals surface area contributed by atoms with Gasteiger partial charge in [0.05, 0.1) is 9.91 Å². The predicted octanol–water partition coefficient (Wildman–Crippen LogP) is 2.78. The van der Waals surface area contributed by atoms with Gasteiger partial charge in [-0.1, -0.05) is 18.2 Å². The highest BCUT2D eigenvalue weighted by molar-refractivity contribution is 14.1. The van der Waals surface area contributed by atoms with Crippen LogP contribution in [0.15, 0.2) is 29.3 Å². The molecule has 0 fully saturated rings. The minimum absolute atomic E-state index is 0.844. The van der Waals surface area contributed by atoms with Crippen LogP contribution in [0.5, 0.6) is 0 Å². The number of halogens is 1. The van der Waals surface area contributed by atoms with Crippen LogP contribution in [0.4, 0.5) is 5.69 Å². The summed E-state index contributed by atoms with van der Waals surface area (Å²) in [6, 6.07) is 7.56. The molecule has 2 nitrogen and oxygen atoms in total. The maximum Gasteiger partial charge on any atom is 0.0722 e. The lowest BCUT2D eigenvalue weighted by Crippen LogP contribution is -1.78. The molecule has 1 rings (SSSR count). The summed E-state index contributed by atoms with van der Waals surface area (Å²) in [5.41, 5.74) is 1.69. The third kappa shape index (κ3) is 2.11. The van der Waals surface area contributed by atoms with E-state index in [1.807, 2.05) is 24.3 Å². The van der Waals surface area contributed by atoms with Crippen molar-refractivity contribution in [2.75, 3.05) is 0 Å². The van der Waals surface area contributed by atoms with Crippen molar-refractivity contribution in [1.82, 2.24) is 0 Å². The third-order valence-electron chi connectivity index (χ3n) is 1.28. The Morgan fingerprint density at radius 3 is 2.73 bits per heavy atom. The van der Waals surface area contributed by atoms with E-state index in [1.54, 1.807) is 4.22 Å². The smallest absolute Gasteiger partial charge is 0.0722 e. The van der Waals surface area contributed by atoms with Gasteiger partial charge in [0.2, 0.25) is 0 Å². The maximum atomic E-state index is 7.06. The van der Waals surface area contributed by atoms with Crippen molar-refractivity contribution in [3.05, 3.63) is 29.8 Å². The van der Waals surface area contributed by atoms with Gasteiger partial charge in [0.25, 0.3) is 0 Å². The number of rotatable bonds is 2. The lowest BCUT2D eigenvalue weighted by Gasteiger charge is -1.95. The largest absolute Gasteiger partial charge is 0.308 e. The molecule has 0 bridgehead atoms. The van der Waals surface area contributed by atoms with E-state index in [-0.39, 0.29) is 0 Å². The highest BCUT2D eigenvalue weighted by atomic mass is 127. The van der Waals surface area contributed by atoms with Crippen LogP contribution in [0, 0.1) is 5.41 Å². The van der Waals surface area contributed by atoms with Crippen LogP contribution in [-0.2, 0) is 0 Å². The van der Waals surface area contributed by atoms with Crippen LogP contribution in [-0.4, -0.2) is 10.4 Å². The van der Waals surface area contributed by atoms with Crippen LogP contribution in [0.1, 0.15) is 5.56 Å². The van der Waals surface area contributed by atoms with E-state index in [1.165, 1.54) is 6.21 Å². The van der Waals surface area contributed by atoms with Gasteiger partial charge in [-0.05, 0) is 28.7 Å². The minimum Gasteiger partial charge on any atom is -0.308 e. The van der Waals surface area contributed by atoms with Gasteiger partial charge in [-0.15, -0.1) is 0 Å². The average molecular weight is 258 g/mol. The van der Waals surface area contributed by atoms with Crippen molar-refractivity contribution in [3.8, 4) is 0 Å². The first-order valence-corrected chi connectivity index (χ1v) is 4.35. The number of hydrogen-bond donors (Lipinski definition) is 1. The Hall–Kier alpha value is -0.710. The maximum absolute atomic E-state index is 7.06. The van der Waals surface area contributed by atoms with Crippen LogP contribution in [0.3, 0.4) is 0 Å². The Morgan fingerprint density at radius 2 is 2.09 bits per heavy atom. The van der Waals surface area contributed by atoms with E-state index in [0.29, 0.717) is 0 Å². The predicted molar refractivity (Wildman–Crippen MR) is 56.5 cm³/mol. The Morgan fingerprint density at radius 1 is 1.36 bits per heavy atom. The Labute approximate surface area is 79.0 Å². The molecule has 1 aromatic carbocycles. The summed E-state index contributed by atoms with van der Waals surface area (Å²) in [7, 11) is 0. The fourth-order valence-electron chi connectivity index (χ4n) is 0.780. The molecule has 3 heteroatoms. The molecule has 0 saturated carbocycles. The Balaban J connectivity index is 3.11. The second-order valence-electron chi connectivity index (χ2n) is 1.93. The molecule has 0 saturated heterocycles. The van der Waals surface area contributed by atoms with Gasteiger partial charge < -0.3 is 5.41 Å². The molecular weight excluding hydrogens is 251 g/mol.